The van der Waals surface area contributed by atoms with Crippen molar-refractivity contribution in [2.24, 2.45) is 11.7 Å². The molecule has 0 aliphatic heterocycles. The number of benzene rings is 1. The second-order valence-corrected chi connectivity index (χ2v) is 5.34. The summed E-state index contributed by atoms with van der Waals surface area (Å²) in [7, 11) is 0. The van der Waals surface area contributed by atoms with Crippen molar-refractivity contribution in [2.75, 3.05) is 0 Å². The van der Waals surface area contributed by atoms with Gasteiger partial charge in [-0.1, -0.05) is 25.0 Å². The Bertz CT molecular complexity index is 397. The summed E-state index contributed by atoms with van der Waals surface area (Å²) in [5.74, 6) is 0.554. The van der Waals surface area contributed by atoms with Crippen LogP contribution in [-0.2, 0) is 5.41 Å². The Hall–Kier alpha value is -0.890. The zero-order valence-corrected chi connectivity index (χ0v) is 9.45. The van der Waals surface area contributed by atoms with Gasteiger partial charge in [0.15, 0.2) is 0 Å². The van der Waals surface area contributed by atoms with Crippen molar-refractivity contribution in [2.45, 2.75) is 43.6 Å². The first-order valence-corrected chi connectivity index (χ1v) is 6.25. The molecule has 0 bridgehead atoms. The van der Waals surface area contributed by atoms with Crippen LogP contribution in [0, 0.1) is 11.7 Å². The van der Waals surface area contributed by atoms with Gasteiger partial charge in [0.05, 0.1) is 0 Å². The predicted octanol–water partition coefficient (Wildman–Crippen LogP) is 2.98. The minimum Gasteiger partial charge on any atom is -0.327 e. The van der Waals surface area contributed by atoms with E-state index in [2.05, 4.69) is 0 Å². The van der Waals surface area contributed by atoms with E-state index >= 15 is 0 Å². The van der Waals surface area contributed by atoms with Gasteiger partial charge in [-0.05, 0) is 42.9 Å². The molecule has 0 spiro atoms. The standard InChI is InChI=1S/C14H18FN/c15-12-7-3-6-11(8-12)14(9-13(14)16)10-4-1-2-5-10/h3,6-8,10,13H,1-2,4-5,9,16H2/t13-,14?/m1/s1. The molecule has 2 heteroatoms. The minimum atomic E-state index is -0.131. The van der Waals surface area contributed by atoms with Crippen molar-refractivity contribution in [3.8, 4) is 0 Å². The van der Waals surface area contributed by atoms with Crippen molar-refractivity contribution in [1.82, 2.24) is 0 Å². The number of hydrogen-bond acceptors (Lipinski definition) is 1. The van der Waals surface area contributed by atoms with Gasteiger partial charge in [-0.3, -0.25) is 0 Å². The molecular formula is C14H18FN. The Morgan fingerprint density at radius 1 is 1.25 bits per heavy atom. The monoisotopic (exact) mass is 219 g/mol. The topological polar surface area (TPSA) is 26.0 Å². The van der Waals surface area contributed by atoms with Crippen molar-refractivity contribution in [3.63, 3.8) is 0 Å². The van der Waals surface area contributed by atoms with Crippen molar-refractivity contribution in [3.05, 3.63) is 35.6 Å². The van der Waals surface area contributed by atoms with E-state index in [4.69, 9.17) is 5.73 Å². The Labute approximate surface area is 95.8 Å². The number of halogens is 1. The lowest BCUT2D eigenvalue weighted by molar-refractivity contribution is 0.402. The average molecular weight is 219 g/mol. The largest absolute Gasteiger partial charge is 0.327 e. The summed E-state index contributed by atoms with van der Waals surface area (Å²) in [5, 5.41) is 0. The maximum absolute atomic E-state index is 13.3. The third-order valence-corrected chi connectivity index (χ3v) is 4.50. The molecule has 2 fully saturated rings. The van der Waals surface area contributed by atoms with Crippen LogP contribution in [0.5, 0.6) is 0 Å². The van der Waals surface area contributed by atoms with Gasteiger partial charge < -0.3 is 5.73 Å². The highest BCUT2D eigenvalue weighted by Crippen LogP contribution is 2.57. The summed E-state index contributed by atoms with van der Waals surface area (Å²) in [4.78, 5) is 0. The zero-order chi connectivity index (χ0) is 11.2. The van der Waals surface area contributed by atoms with E-state index in [0.717, 1.165) is 12.0 Å². The Kier molecular flexibility index (Phi) is 2.28. The van der Waals surface area contributed by atoms with Crippen molar-refractivity contribution < 1.29 is 4.39 Å². The first-order chi connectivity index (χ1) is 7.73. The van der Waals surface area contributed by atoms with E-state index in [9.17, 15) is 4.39 Å². The molecule has 0 amide bonds. The number of rotatable bonds is 2. The average Bonchev–Trinajstić information content (AvgIpc) is 2.75. The molecule has 2 aliphatic carbocycles. The van der Waals surface area contributed by atoms with Crippen LogP contribution < -0.4 is 5.73 Å². The molecule has 3 rings (SSSR count). The fourth-order valence-corrected chi connectivity index (χ4v) is 3.56. The Morgan fingerprint density at radius 2 is 1.94 bits per heavy atom. The molecule has 2 saturated carbocycles. The van der Waals surface area contributed by atoms with Gasteiger partial charge in [-0.2, -0.15) is 0 Å². The highest BCUT2D eigenvalue weighted by molar-refractivity contribution is 5.37. The van der Waals surface area contributed by atoms with E-state index in [-0.39, 0.29) is 17.3 Å². The van der Waals surface area contributed by atoms with E-state index in [1.54, 1.807) is 6.07 Å². The maximum atomic E-state index is 13.3. The Morgan fingerprint density at radius 3 is 2.50 bits per heavy atom. The molecule has 1 aromatic rings. The van der Waals surface area contributed by atoms with Gasteiger partial charge >= 0.3 is 0 Å². The second kappa shape index (κ2) is 3.56. The zero-order valence-electron chi connectivity index (χ0n) is 9.45. The summed E-state index contributed by atoms with van der Waals surface area (Å²) < 4.78 is 13.3. The van der Waals surface area contributed by atoms with Crippen LogP contribution in [0.1, 0.15) is 37.7 Å². The molecule has 1 aromatic carbocycles. The van der Waals surface area contributed by atoms with Crippen LogP contribution in [0.4, 0.5) is 4.39 Å². The van der Waals surface area contributed by atoms with Gasteiger partial charge in [0, 0.05) is 11.5 Å². The summed E-state index contributed by atoms with van der Waals surface area (Å²) >= 11 is 0. The third kappa shape index (κ3) is 1.40. The SMILES string of the molecule is N[C@@H]1CC1(c1cccc(F)c1)C1CCCC1. The summed E-state index contributed by atoms with van der Waals surface area (Å²) in [6, 6.07) is 7.31. The summed E-state index contributed by atoms with van der Waals surface area (Å²) in [5.41, 5.74) is 7.38. The van der Waals surface area contributed by atoms with Crippen LogP contribution in [0.15, 0.2) is 24.3 Å². The maximum Gasteiger partial charge on any atom is 0.123 e. The fraction of sp³-hybridized carbons (Fsp3) is 0.571. The lowest BCUT2D eigenvalue weighted by Gasteiger charge is -2.24. The lowest BCUT2D eigenvalue weighted by Crippen LogP contribution is -2.26. The number of hydrogen-bond donors (Lipinski definition) is 1. The van der Waals surface area contributed by atoms with Gasteiger partial charge in [0.25, 0.3) is 0 Å². The highest BCUT2D eigenvalue weighted by Gasteiger charge is 2.58. The first-order valence-electron chi connectivity index (χ1n) is 6.25. The van der Waals surface area contributed by atoms with Gasteiger partial charge in [-0.25, -0.2) is 4.39 Å². The fourth-order valence-electron chi connectivity index (χ4n) is 3.56. The van der Waals surface area contributed by atoms with E-state index in [1.165, 1.54) is 31.7 Å². The normalized spacial score (nSPS) is 34.2. The van der Waals surface area contributed by atoms with Crippen LogP contribution >= 0.6 is 0 Å². The van der Waals surface area contributed by atoms with E-state index in [1.807, 2.05) is 12.1 Å². The Balaban J connectivity index is 1.96. The quantitative estimate of drug-likeness (QED) is 0.813. The minimum absolute atomic E-state index is 0.110. The summed E-state index contributed by atoms with van der Waals surface area (Å²) in [6.07, 6.45) is 6.21. The molecule has 16 heavy (non-hydrogen) atoms. The van der Waals surface area contributed by atoms with Crippen molar-refractivity contribution in [1.29, 1.82) is 0 Å². The van der Waals surface area contributed by atoms with Crippen LogP contribution in [0.2, 0.25) is 0 Å². The van der Waals surface area contributed by atoms with Crippen molar-refractivity contribution >= 4 is 0 Å². The second-order valence-electron chi connectivity index (χ2n) is 5.34. The number of nitrogens with two attached hydrogens (primary N) is 1. The van der Waals surface area contributed by atoms with E-state index in [0.29, 0.717) is 5.92 Å². The molecule has 0 radical (unpaired) electrons. The molecule has 0 aromatic heterocycles. The van der Waals surface area contributed by atoms with Gasteiger partial charge in [0.2, 0.25) is 0 Å². The molecule has 1 nitrogen and oxygen atoms in total. The molecule has 2 atom stereocenters. The van der Waals surface area contributed by atoms with Crippen LogP contribution in [-0.4, -0.2) is 6.04 Å². The van der Waals surface area contributed by atoms with Gasteiger partial charge in [0.1, 0.15) is 5.82 Å². The van der Waals surface area contributed by atoms with Gasteiger partial charge in [-0.15, -0.1) is 0 Å². The van der Waals surface area contributed by atoms with Crippen LogP contribution in [0.3, 0.4) is 0 Å². The predicted molar refractivity (Wildman–Crippen MR) is 62.6 cm³/mol. The molecule has 2 aliphatic rings. The lowest BCUT2D eigenvalue weighted by atomic mass is 9.81. The first kappa shape index (κ1) is 10.3. The molecule has 0 heterocycles. The third-order valence-electron chi connectivity index (χ3n) is 4.50. The highest BCUT2D eigenvalue weighted by atomic mass is 19.1. The molecule has 2 N–H and O–H groups in total. The smallest absolute Gasteiger partial charge is 0.123 e. The summed E-state index contributed by atoms with van der Waals surface area (Å²) in [6.45, 7) is 0. The molecule has 1 unspecified atom stereocenters. The molecule has 0 saturated heterocycles. The van der Waals surface area contributed by atoms with Crippen LogP contribution in [0.25, 0.3) is 0 Å². The molecular weight excluding hydrogens is 201 g/mol. The van der Waals surface area contributed by atoms with E-state index < -0.39 is 0 Å². The molecule has 86 valence electrons.